The Morgan fingerprint density at radius 3 is 2.50 bits per heavy atom. The van der Waals surface area contributed by atoms with Crippen molar-refractivity contribution in [3.63, 3.8) is 0 Å². The van der Waals surface area contributed by atoms with E-state index in [4.69, 9.17) is 0 Å². The van der Waals surface area contributed by atoms with Crippen LogP contribution in [-0.4, -0.2) is 12.8 Å². The van der Waals surface area contributed by atoms with E-state index in [0.717, 1.165) is 10.9 Å². The molecule has 16 heavy (non-hydrogen) atoms. The highest BCUT2D eigenvalue weighted by Crippen LogP contribution is 2.13. The Kier molecular flexibility index (Phi) is 8.12. The third-order valence-corrected chi connectivity index (χ3v) is 2.69. The summed E-state index contributed by atoms with van der Waals surface area (Å²) in [5.74, 6) is 0.493. The molecule has 0 unspecified atom stereocenters. The molecule has 1 aromatic carbocycles. The summed E-state index contributed by atoms with van der Waals surface area (Å²) in [5.41, 5.74) is 5.72. The summed E-state index contributed by atoms with van der Waals surface area (Å²) in [6.07, 6.45) is 1.49. The monoisotopic (exact) mass is 285 g/mol. The van der Waals surface area contributed by atoms with Crippen molar-refractivity contribution in [3.8, 4) is 0 Å². The van der Waals surface area contributed by atoms with Gasteiger partial charge < -0.3 is 5.73 Å². The Morgan fingerprint density at radius 1 is 1.38 bits per heavy atom. The average molecular weight is 286 g/mol. The number of nitrogens with two attached hydrogens (primary N) is 1. The highest BCUT2D eigenvalue weighted by molar-refractivity contribution is 9.10. The van der Waals surface area contributed by atoms with Crippen LogP contribution in [0.2, 0.25) is 0 Å². The van der Waals surface area contributed by atoms with E-state index in [1.807, 2.05) is 26.0 Å². The molecule has 0 aliphatic carbocycles. The van der Waals surface area contributed by atoms with Crippen LogP contribution in [0.25, 0.3) is 0 Å². The number of benzene rings is 1. The van der Waals surface area contributed by atoms with E-state index in [0.29, 0.717) is 12.2 Å². The van der Waals surface area contributed by atoms with E-state index in [-0.39, 0.29) is 5.92 Å². The summed E-state index contributed by atoms with van der Waals surface area (Å²) in [6.45, 7) is 3.90. The predicted molar refractivity (Wildman–Crippen MR) is 72.4 cm³/mol. The van der Waals surface area contributed by atoms with E-state index in [9.17, 15) is 4.79 Å². The molecule has 1 rings (SSSR count). The molecule has 0 fully saturated rings. The van der Waals surface area contributed by atoms with Gasteiger partial charge in [0.15, 0.2) is 0 Å². The number of aryl methyl sites for hydroxylation is 1. The van der Waals surface area contributed by atoms with Gasteiger partial charge in [-0.05, 0) is 31.2 Å². The van der Waals surface area contributed by atoms with Gasteiger partial charge in [0, 0.05) is 16.8 Å². The normalized spacial score (nSPS) is 9.62. The van der Waals surface area contributed by atoms with Crippen molar-refractivity contribution >= 4 is 21.7 Å². The molecule has 0 aliphatic rings. The second-order valence-electron chi connectivity index (χ2n) is 3.75. The van der Waals surface area contributed by atoms with Gasteiger partial charge in [0.1, 0.15) is 5.78 Å². The van der Waals surface area contributed by atoms with Crippen molar-refractivity contribution in [2.24, 2.45) is 11.7 Å². The zero-order valence-corrected chi connectivity index (χ0v) is 11.8. The molecule has 2 N–H and O–H groups in total. The standard InChI is InChI=1S/C12H15BrO.CH5N/c1-9(2)12(14)7-6-10-4-3-5-11(13)8-10;1-2/h3-5,8-9H,6-7H2,1-2H3;2H2,1H3. The topological polar surface area (TPSA) is 43.1 Å². The van der Waals surface area contributed by atoms with Gasteiger partial charge in [-0.1, -0.05) is 41.9 Å². The van der Waals surface area contributed by atoms with Gasteiger partial charge in [0.05, 0.1) is 0 Å². The Balaban J connectivity index is 0.00000106. The maximum absolute atomic E-state index is 11.4. The summed E-state index contributed by atoms with van der Waals surface area (Å²) in [5, 5.41) is 0. The van der Waals surface area contributed by atoms with Crippen LogP contribution in [0.5, 0.6) is 0 Å². The number of rotatable bonds is 4. The van der Waals surface area contributed by atoms with Gasteiger partial charge in [-0.25, -0.2) is 0 Å². The Bertz CT molecular complexity index is 323. The number of hydrogen-bond donors (Lipinski definition) is 1. The van der Waals surface area contributed by atoms with E-state index in [2.05, 4.69) is 33.8 Å². The molecule has 2 nitrogen and oxygen atoms in total. The lowest BCUT2D eigenvalue weighted by molar-refractivity contribution is -0.121. The maximum atomic E-state index is 11.4. The Hall–Kier alpha value is -0.670. The molecular weight excluding hydrogens is 266 g/mol. The lowest BCUT2D eigenvalue weighted by atomic mass is 10.0. The number of hydrogen-bond acceptors (Lipinski definition) is 2. The van der Waals surface area contributed by atoms with Crippen LogP contribution in [-0.2, 0) is 11.2 Å². The zero-order valence-electron chi connectivity index (χ0n) is 10.2. The summed E-state index contributed by atoms with van der Waals surface area (Å²) < 4.78 is 1.08. The minimum atomic E-state index is 0.155. The van der Waals surface area contributed by atoms with Crippen molar-refractivity contribution < 1.29 is 4.79 Å². The predicted octanol–water partition coefficient (Wildman–Crippen LogP) is 3.18. The van der Waals surface area contributed by atoms with Crippen LogP contribution in [0.4, 0.5) is 0 Å². The minimum Gasteiger partial charge on any atom is -0.333 e. The quantitative estimate of drug-likeness (QED) is 0.923. The second kappa shape index (κ2) is 8.48. The zero-order chi connectivity index (χ0) is 12.6. The van der Waals surface area contributed by atoms with Crippen molar-refractivity contribution in [1.29, 1.82) is 0 Å². The molecule has 0 aliphatic heterocycles. The van der Waals surface area contributed by atoms with Crippen molar-refractivity contribution in [2.45, 2.75) is 26.7 Å². The number of ketones is 1. The number of carbonyl (C=O) groups excluding carboxylic acids is 1. The fraction of sp³-hybridized carbons (Fsp3) is 0.462. The molecule has 0 bridgehead atoms. The molecule has 0 radical (unpaired) electrons. The highest BCUT2D eigenvalue weighted by Gasteiger charge is 2.06. The lowest BCUT2D eigenvalue weighted by Crippen LogP contribution is -2.07. The van der Waals surface area contributed by atoms with Gasteiger partial charge in [0.2, 0.25) is 0 Å². The molecule has 0 heterocycles. The van der Waals surface area contributed by atoms with Crippen LogP contribution in [0, 0.1) is 5.92 Å². The number of halogens is 1. The largest absolute Gasteiger partial charge is 0.333 e. The van der Waals surface area contributed by atoms with Crippen LogP contribution in [0.1, 0.15) is 25.8 Å². The molecule has 0 amide bonds. The summed E-state index contributed by atoms with van der Waals surface area (Å²) in [7, 11) is 1.50. The summed E-state index contributed by atoms with van der Waals surface area (Å²) >= 11 is 3.41. The molecule has 0 aromatic heterocycles. The van der Waals surface area contributed by atoms with Crippen LogP contribution in [0.3, 0.4) is 0 Å². The van der Waals surface area contributed by atoms with Crippen molar-refractivity contribution in [3.05, 3.63) is 34.3 Å². The average Bonchev–Trinajstić information content (AvgIpc) is 2.28. The first-order valence-electron chi connectivity index (χ1n) is 5.44. The van der Waals surface area contributed by atoms with Crippen molar-refractivity contribution in [1.82, 2.24) is 0 Å². The molecule has 3 heteroatoms. The van der Waals surface area contributed by atoms with Gasteiger partial charge in [-0.3, -0.25) is 4.79 Å². The molecule has 0 atom stereocenters. The first kappa shape index (κ1) is 15.3. The van der Waals surface area contributed by atoms with Gasteiger partial charge in [-0.15, -0.1) is 0 Å². The Morgan fingerprint density at radius 2 is 2.00 bits per heavy atom. The molecule has 0 saturated carbocycles. The fourth-order valence-corrected chi connectivity index (χ4v) is 1.70. The lowest BCUT2D eigenvalue weighted by Gasteiger charge is -2.04. The summed E-state index contributed by atoms with van der Waals surface area (Å²) in [4.78, 5) is 11.4. The minimum absolute atomic E-state index is 0.155. The van der Waals surface area contributed by atoms with E-state index in [1.165, 1.54) is 12.6 Å². The van der Waals surface area contributed by atoms with Crippen LogP contribution >= 0.6 is 15.9 Å². The number of Topliss-reactive ketones (excluding diaryl/α,β-unsaturated/α-hetero) is 1. The van der Waals surface area contributed by atoms with Crippen LogP contribution < -0.4 is 5.73 Å². The fourth-order valence-electron chi connectivity index (χ4n) is 1.25. The third kappa shape index (κ3) is 6.03. The first-order valence-corrected chi connectivity index (χ1v) is 6.24. The Labute approximate surface area is 106 Å². The van der Waals surface area contributed by atoms with Crippen LogP contribution in [0.15, 0.2) is 28.7 Å². The maximum Gasteiger partial charge on any atom is 0.135 e. The molecule has 0 saturated heterocycles. The van der Waals surface area contributed by atoms with Gasteiger partial charge >= 0.3 is 0 Å². The SMILES string of the molecule is CC(C)C(=O)CCc1cccc(Br)c1.CN. The van der Waals surface area contributed by atoms with Crippen molar-refractivity contribution in [2.75, 3.05) is 7.05 Å². The summed E-state index contributed by atoms with van der Waals surface area (Å²) in [6, 6.07) is 8.11. The smallest absolute Gasteiger partial charge is 0.135 e. The van der Waals surface area contributed by atoms with E-state index >= 15 is 0 Å². The molecule has 0 spiro atoms. The van der Waals surface area contributed by atoms with E-state index in [1.54, 1.807) is 0 Å². The van der Waals surface area contributed by atoms with E-state index < -0.39 is 0 Å². The molecule has 90 valence electrons. The highest BCUT2D eigenvalue weighted by atomic mass is 79.9. The third-order valence-electron chi connectivity index (χ3n) is 2.19. The van der Waals surface area contributed by atoms with Gasteiger partial charge in [0.25, 0.3) is 0 Å². The number of carbonyl (C=O) groups is 1. The first-order chi connectivity index (χ1) is 7.59. The molecule has 1 aromatic rings. The second-order valence-corrected chi connectivity index (χ2v) is 4.67. The van der Waals surface area contributed by atoms with Gasteiger partial charge in [-0.2, -0.15) is 0 Å². The molecular formula is C13H20BrNO.